The molecule has 14 heteroatoms. The molecule has 0 radical (unpaired) electrons. The van der Waals surface area contributed by atoms with E-state index in [0.29, 0.717) is 25.2 Å². The van der Waals surface area contributed by atoms with Crippen LogP contribution in [-0.4, -0.2) is 95.8 Å². The lowest BCUT2D eigenvalue weighted by Gasteiger charge is -2.35. The van der Waals surface area contributed by atoms with Crippen molar-refractivity contribution in [2.24, 2.45) is 5.92 Å². The topological polar surface area (TPSA) is 152 Å². The molecule has 0 spiro atoms. The van der Waals surface area contributed by atoms with Gasteiger partial charge in [-0.3, -0.25) is 9.52 Å². The Morgan fingerprint density at radius 2 is 1.66 bits per heavy atom. The molecule has 0 saturated heterocycles. The normalized spacial score (nSPS) is 20.4. The van der Waals surface area contributed by atoms with Gasteiger partial charge in [-0.2, -0.15) is 4.31 Å². The number of ether oxygens (including phenoxy) is 3. The minimum absolute atomic E-state index is 0.0133. The first-order valence-corrected chi connectivity index (χ1v) is 19.6. The maximum atomic E-state index is 14.4. The molecule has 0 fully saturated rings. The van der Waals surface area contributed by atoms with Gasteiger partial charge in [0.1, 0.15) is 11.5 Å². The Morgan fingerprint density at radius 3 is 2.30 bits per heavy atom. The van der Waals surface area contributed by atoms with Crippen molar-refractivity contribution >= 4 is 31.6 Å². The van der Waals surface area contributed by atoms with Crippen LogP contribution in [0.25, 0.3) is 0 Å². The highest BCUT2D eigenvalue weighted by Gasteiger charge is 2.32. The molecule has 0 saturated carbocycles. The summed E-state index contributed by atoms with van der Waals surface area (Å²) in [5.74, 6) is -0.0627. The lowest BCUT2D eigenvalue weighted by atomic mass is 10.0. The highest BCUT2D eigenvalue weighted by atomic mass is 32.2. The number of benzene rings is 3. The van der Waals surface area contributed by atoms with Crippen LogP contribution in [0, 0.1) is 12.8 Å². The van der Waals surface area contributed by atoms with E-state index in [1.54, 1.807) is 55.5 Å². The molecule has 0 unspecified atom stereocenters. The van der Waals surface area contributed by atoms with E-state index in [-0.39, 0.29) is 58.5 Å². The summed E-state index contributed by atoms with van der Waals surface area (Å²) >= 11 is 0. The zero-order valence-electron chi connectivity index (χ0n) is 29.5. The first kappa shape index (κ1) is 39.1. The number of rotatable bonds is 10. The minimum Gasteiger partial charge on any atom is -0.497 e. The fraction of sp³-hybridized carbons (Fsp3) is 0.472. The Balaban J connectivity index is 1.67. The number of nitrogens with zero attached hydrogens (tertiary/aromatic N) is 2. The minimum atomic E-state index is -4.02. The fourth-order valence-electron chi connectivity index (χ4n) is 5.66. The third kappa shape index (κ3) is 9.75. The van der Waals surface area contributed by atoms with E-state index >= 15 is 0 Å². The molecule has 12 nitrogen and oxygen atoms in total. The number of aliphatic hydroxyl groups is 1. The van der Waals surface area contributed by atoms with E-state index in [1.165, 1.54) is 41.6 Å². The molecular formula is C36H49N3O9S2. The number of methoxy groups -OCH3 is 1. The second kappa shape index (κ2) is 17.0. The van der Waals surface area contributed by atoms with E-state index in [4.69, 9.17) is 14.2 Å². The van der Waals surface area contributed by atoms with Crippen LogP contribution in [0.4, 0.5) is 5.69 Å². The highest BCUT2D eigenvalue weighted by molar-refractivity contribution is 7.92. The number of fused-ring (bicyclic) bond motifs is 1. The molecule has 1 amide bonds. The number of carbonyl (C=O) groups is 1. The summed E-state index contributed by atoms with van der Waals surface area (Å²) in [4.78, 5) is 16.1. The quantitative estimate of drug-likeness (QED) is 0.296. The number of nitrogens with one attached hydrogen (secondary N) is 1. The molecule has 3 aromatic rings. The molecule has 0 aliphatic carbocycles. The average Bonchev–Trinajstić information content (AvgIpc) is 3.09. The molecule has 4 rings (SSSR count). The first-order chi connectivity index (χ1) is 23.7. The Hall–Kier alpha value is -3.69. The predicted octanol–water partition coefficient (Wildman–Crippen LogP) is 4.92. The molecule has 50 heavy (non-hydrogen) atoms. The number of carbonyl (C=O) groups excluding carboxylic acids is 1. The van der Waals surface area contributed by atoms with Gasteiger partial charge >= 0.3 is 0 Å². The van der Waals surface area contributed by atoms with Gasteiger partial charge in [-0.05, 0) is 94.6 Å². The van der Waals surface area contributed by atoms with Crippen molar-refractivity contribution < 1.29 is 40.9 Å². The van der Waals surface area contributed by atoms with Gasteiger partial charge in [-0.15, -0.1) is 0 Å². The van der Waals surface area contributed by atoms with E-state index < -0.39 is 38.1 Å². The summed E-state index contributed by atoms with van der Waals surface area (Å²) in [6, 6.07) is 16.5. The number of hydrogen-bond donors (Lipinski definition) is 2. The van der Waals surface area contributed by atoms with Crippen LogP contribution in [0.3, 0.4) is 0 Å². The van der Waals surface area contributed by atoms with Gasteiger partial charge in [0.15, 0.2) is 0 Å². The third-order valence-corrected chi connectivity index (χ3v) is 12.1. The molecule has 2 N–H and O–H groups in total. The zero-order valence-corrected chi connectivity index (χ0v) is 31.2. The van der Waals surface area contributed by atoms with Gasteiger partial charge in [-0.25, -0.2) is 16.8 Å². The fourth-order valence-corrected chi connectivity index (χ4v) is 7.89. The Bertz CT molecular complexity index is 1800. The van der Waals surface area contributed by atoms with Crippen LogP contribution in [0.2, 0.25) is 0 Å². The number of amides is 1. The van der Waals surface area contributed by atoms with Crippen molar-refractivity contribution in [3.63, 3.8) is 0 Å². The zero-order chi connectivity index (χ0) is 36.6. The molecule has 1 aliphatic rings. The van der Waals surface area contributed by atoms with Crippen molar-refractivity contribution in [3.05, 3.63) is 77.9 Å². The maximum Gasteiger partial charge on any atom is 0.261 e. The Labute approximate surface area is 296 Å². The van der Waals surface area contributed by atoms with Gasteiger partial charge < -0.3 is 24.2 Å². The predicted molar refractivity (Wildman–Crippen MR) is 192 cm³/mol. The molecular weight excluding hydrogens is 683 g/mol. The third-order valence-electron chi connectivity index (χ3n) is 8.84. The van der Waals surface area contributed by atoms with Gasteiger partial charge in [0.25, 0.3) is 15.9 Å². The van der Waals surface area contributed by atoms with E-state index in [9.17, 15) is 26.7 Å². The van der Waals surface area contributed by atoms with Gasteiger partial charge in [0.2, 0.25) is 10.0 Å². The second-order valence-electron chi connectivity index (χ2n) is 12.9. The first-order valence-electron chi connectivity index (χ1n) is 16.7. The Kier molecular flexibility index (Phi) is 13.3. The van der Waals surface area contributed by atoms with Crippen molar-refractivity contribution in [2.75, 3.05) is 45.2 Å². The number of aryl methyl sites for hydroxylation is 1. The SMILES string of the molecule is COc1ccc(S(=O)(=O)Nc2ccc3c(c2)C(=O)N([C@@H](C)CO)C[C@H](C)[C@H](CN(C)S(=O)(=O)c2ccc(C)cc2)OCCCC[C@@H](C)O3)cc1. The van der Waals surface area contributed by atoms with Crippen LogP contribution in [0.5, 0.6) is 11.5 Å². The molecule has 274 valence electrons. The average molecular weight is 732 g/mol. The molecule has 1 aliphatic heterocycles. The van der Waals surface area contributed by atoms with E-state index in [2.05, 4.69) is 4.72 Å². The van der Waals surface area contributed by atoms with Gasteiger partial charge in [-0.1, -0.05) is 24.6 Å². The van der Waals surface area contributed by atoms with Gasteiger partial charge in [0, 0.05) is 38.3 Å². The van der Waals surface area contributed by atoms with E-state index in [1.807, 2.05) is 20.8 Å². The second-order valence-corrected chi connectivity index (χ2v) is 16.6. The van der Waals surface area contributed by atoms with Crippen molar-refractivity contribution in [1.82, 2.24) is 9.21 Å². The number of likely N-dealkylation sites (N-methyl/N-ethyl adjacent to an activating group) is 1. The summed E-state index contributed by atoms with van der Waals surface area (Å²) in [7, 11) is -4.84. The van der Waals surface area contributed by atoms with Crippen LogP contribution in [0.1, 0.15) is 56.0 Å². The van der Waals surface area contributed by atoms with Crippen LogP contribution in [-0.2, 0) is 24.8 Å². The Morgan fingerprint density at radius 1 is 1.00 bits per heavy atom. The van der Waals surface area contributed by atoms with E-state index in [0.717, 1.165) is 12.0 Å². The lowest BCUT2D eigenvalue weighted by Crippen LogP contribution is -2.48. The summed E-state index contributed by atoms with van der Waals surface area (Å²) in [6.07, 6.45) is 1.26. The van der Waals surface area contributed by atoms with Crippen molar-refractivity contribution in [3.8, 4) is 11.5 Å². The number of anilines is 1. The number of hydrogen-bond acceptors (Lipinski definition) is 9. The number of aliphatic hydroxyl groups excluding tert-OH is 1. The molecule has 0 aromatic heterocycles. The molecule has 0 bridgehead atoms. The lowest BCUT2D eigenvalue weighted by molar-refractivity contribution is -0.00833. The van der Waals surface area contributed by atoms with Gasteiger partial charge in [0.05, 0.1) is 47.3 Å². The van der Waals surface area contributed by atoms with Crippen LogP contribution in [0.15, 0.2) is 76.5 Å². The number of sulfonamides is 2. The highest BCUT2D eigenvalue weighted by Crippen LogP contribution is 2.30. The summed E-state index contributed by atoms with van der Waals surface area (Å²) in [6.45, 7) is 7.56. The monoisotopic (exact) mass is 731 g/mol. The maximum absolute atomic E-state index is 14.4. The molecule has 4 atom stereocenters. The van der Waals surface area contributed by atoms with Crippen LogP contribution >= 0.6 is 0 Å². The molecule has 3 aromatic carbocycles. The van der Waals surface area contributed by atoms with Crippen LogP contribution < -0.4 is 14.2 Å². The molecule has 1 heterocycles. The van der Waals surface area contributed by atoms with Crippen molar-refractivity contribution in [1.29, 1.82) is 0 Å². The summed E-state index contributed by atoms with van der Waals surface area (Å²) in [5.41, 5.74) is 1.22. The smallest absolute Gasteiger partial charge is 0.261 e. The standard InChI is InChI=1S/C36H49N3O9S2/c1-25-10-15-32(16-11-25)50(44,45)38(5)23-35-26(2)22-39(27(3)24-40)36(41)33-21-29(12-19-34(33)48-28(4)9-7-8-20-47-35)37-49(42,43)31-17-13-30(46-6)14-18-31/h10-19,21,26-28,35,37,40H,7-9,20,22-24H2,1-6H3/t26-,27-,28+,35-/m0/s1. The summed E-state index contributed by atoms with van der Waals surface area (Å²) < 4.78 is 75.0. The largest absolute Gasteiger partial charge is 0.497 e. The summed E-state index contributed by atoms with van der Waals surface area (Å²) in [5, 5.41) is 10.2. The van der Waals surface area contributed by atoms with Crippen molar-refractivity contribution in [2.45, 2.75) is 75.0 Å².